The van der Waals surface area contributed by atoms with E-state index in [0.29, 0.717) is 28.5 Å². The highest BCUT2D eigenvalue weighted by atomic mass is 35.5. The van der Waals surface area contributed by atoms with Crippen molar-refractivity contribution in [1.82, 2.24) is 10.2 Å². The van der Waals surface area contributed by atoms with Gasteiger partial charge in [-0.15, -0.1) is 0 Å². The molecule has 6 unspecified atom stereocenters. The molecule has 2 aromatic carbocycles. The Hall–Kier alpha value is -3.16. The van der Waals surface area contributed by atoms with Crippen LogP contribution in [-0.4, -0.2) is 46.4 Å². The molecule has 7 nitrogen and oxygen atoms in total. The number of halogens is 1. The quantitative estimate of drug-likeness (QED) is 0.406. The van der Waals surface area contributed by atoms with Crippen molar-refractivity contribution in [3.05, 3.63) is 76.8 Å². The number of hydrogen-bond acceptors (Lipinski definition) is 4. The predicted octanol–water partition coefficient (Wildman–Crippen LogP) is 5.69. The molecule has 4 aliphatic rings. The van der Waals surface area contributed by atoms with Crippen LogP contribution in [0.1, 0.15) is 64.0 Å². The summed E-state index contributed by atoms with van der Waals surface area (Å²) in [6, 6.07) is 14.2. The number of anilines is 1. The number of hydrogen-bond donors (Lipinski definition) is 2. The van der Waals surface area contributed by atoms with Gasteiger partial charge in [0.1, 0.15) is 11.6 Å². The van der Waals surface area contributed by atoms with Gasteiger partial charge >= 0.3 is 0 Å². The van der Waals surface area contributed by atoms with Gasteiger partial charge in [-0.05, 0) is 53.5 Å². The number of rotatable bonds is 7. The first-order valence-electron chi connectivity index (χ1n) is 15.2. The zero-order chi connectivity index (χ0) is 29.8. The summed E-state index contributed by atoms with van der Waals surface area (Å²) in [5, 5.41) is 6.84. The second-order valence-electron chi connectivity index (χ2n) is 12.9. The molecule has 8 heteroatoms. The number of likely N-dealkylation sites (tertiary alicyclic amines) is 1. The van der Waals surface area contributed by atoms with E-state index in [0.717, 1.165) is 24.8 Å². The van der Waals surface area contributed by atoms with Crippen LogP contribution >= 0.6 is 11.6 Å². The lowest BCUT2D eigenvalue weighted by Crippen LogP contribution is -2.57. The molecule has 6 rings (SSSR count). The average Bonchev–Trinajstić information content (AvgIpc) is 3.60. The lowest BCUT2D eigenvalue weighted by molar-refractivity contribution is -0.142. The standard InChI is InChI=1S/C34H40ClN3O4/c1-19(2)22-12-14-24(15-13-22)36-31(39)28-27-16-17-34(42-27)29(28)33(41)38(18-23-9-5-6-10-25(23)35)30(34)32(40)37-26-11-7-8-20(3)21(26)4/h5-6,9-10,12-17,19-21,26-30H,7-8,11,18H2,1-4H3,(H,36,39)(H,37,40)/t20?,21?,26?,27-,28?,29-,30?,34?/m1/s1. The third-order valence-corrected chi connectivity index (χ3v) is 10.5. The highest BCUT2D eigenvalue weighted by Crippen LogP contribution is 2.55. The van der Waals surface area contributed by atoms with Crippen molar-refractivity contribution in [3.8, 4) is 0 Å². The Labute approximate surface area is 253 Å². The molecule has 3 heterocycles. The Morgan fingerprint density at radius 2 is 1.81 bits per heavy atom. The van der Waals surface area contributed by atoms with Gasteiger partial charge in [0.25, 0.3) is 0 Å². The topological polar surface area (TPSA) is 87.7 Å². The number of nitrogens with one attached hydrogen (secondary N) is 2. The molecule has 222 valence electrons. The fourth-order valence-corrected chi connectivity index (χ4v) is 7.67. The van der Waals surface area contributed by atoms with Gasteiger partial charge in [0.05, 0.1) is 17.9 Å². The van der Waals surface area contributed by atoms with Crippen molar-refractivity contribution in [1.29, 1.82) is 0 Å². The molecule has 3 aliphatic heterocycles. The molecule has 2 bridgehead atoms. The molecule has 2 saturated heterocycles. The molecular weight excluding hydrogens is 550 g/mol. The molecule has 42 heavy (non-hydrogen) atoms. The Kier molecular flexibility index (Phi) is 7.69. The summed E-state index contributed by atoms with van der Waals surface area (Å²) in [5.74, 6) is -1.16. The van der Waals surface area contributed by atoms with Gasteiger partial charge in [-0.2, -0.15) is 0 Å². The zero-order valence-corrected chi connectivity index (χ0v) is 25.4. The van der Waals surface area contributed by atoms with E-state index in [1.54, 1.807) is 11.0 Å². The van der Waals surface area contributed by atoms with Crippen LogP contribution in [0, 0.1) is 23.7 Å². The molecule has 0 radical (unpaired) electrons. The van der Waals surface area contributed by atoms with Crippen LogP contribution in [0.3, 0.4) is 0 Å². The summed E-state index contributed by atoms with van der Waals surface area (Å²) in [5.41, 5.74) is 1.36. The number of carbonyl (C=O) groups is 3. The van der Waals surface area contributed by atoms with Crippen molar-refractivity contribution < 1.29 is 19.1 Å². The van der Waals surface area contributed by atoms with Gasteiger partial charge in [-0.3, -0.25) is 14.4 Å². The first-order valence-corrected chi connectivity index (χ1v) is 15.6. The monoisotopic (exact) mass is 589 g/mol. The Bertz CT molecular complexity index is 1410. The highest BCUT2D eigenvalue weighted by molar-refractivity contribution is 6.31. The van der Waals surface area contributed by atoms with E-state index in [-0.39, 0.29) is 30.3 Å². The fraction of sp³-hybridized carbons (Fsp3) is 0.500. The maximum Gasteiger partial charge on any atom is 0.246 e. The maximum atomic E-state index is 14.3. The van der Waals surface area contributed by atoms with E-state index in [2.05, 4.69) is 38.3 Å². The van der Waals surface area contributed by atoms with Crippen LogP contribution in [0.25, 0.3) is 0 Å². The van der Waals surface area contributed by atoms with Crippen LogP contribution in [0.2, 0.25) is 5.02 Å². The Balaban J connectivity index is 1.31. The van der Waals surface area contributed by atoms with Gasteiger partial charge in [0.15, 0.2) is 0 Å². The fourth-order valence-electron chi connectivity index (χ4n) is 7.47. The zero-order valence-electron chi connectivity index (χ0n) is 24.7. The summed E-state index contributed by atoms with van der Waals surface area (Å²) in [4.78, 5) is 43.9. The van der Waals surface area contributed by atoms with Crippen LogP contribution < -0.4 is 10.6 Å². The van der Waals surface area contributed by atoms with Crippen molar-refractivity contribution >= 4 is 35.0 Å². The van der Waals surface area contributed by atoms with Gasteiger partial charge in [0.2, 0.25) is 17.7 Å². The molecule has 3 fully saturated rings. The molecule has 1 spiro atoms. The molecular formula is C34H40ClN3O4. The van der Waals surface area contributed by atoms with Crippen molar-refractivity contribution in [2.45, 2.75) is 83.2 Å². The van der Waals surface area contributed by atoms with E-state index in [1.807, 2.05) is 54.6 Å². The molecule has 1 saturated carbocycles. The SMILES string of the molecule is CC(C)c1ccc(NC(=O)C2[C@H]3C=CC4(O3)C(C(=O)NC3CCCC(C)C3C)N(Cc3ccccc3Cl)C(=O)[C@@H]24)cc1. The molecule has 0 aromatic heterocycles. The van der Waals surface area contributed by atoms with Crippen LogP contribution in [-0.2, 0) is 25.7 Å². The summed E-state index contributed by atoms with van der Waals surface area (Å²) >= 11 is 6.52. The van der Waals surface area contributed by atoms with Crippen LogP contribution in [0.5, 0.6) is 0 Å². The predicted molar refractivity (Wildman–Crippen MR) is 163 cm³/mol. The number of nitrogens with zero attached hydrogens (tertiary/aromatic N) is 1. The largest absolute Gasteiger partial charge is 0.359 e. The minimum absolute atomic E-state index is 0.0180. The number of ether oxygens (including phenoxy) is 1. The second-order valence-corrected chi connectivity index (χ2v) is 13.3. The molecule has 2 aromatic rings. The summed E-state index contributed by atoms with van der Waals surface area (Å²) < 4.78 is 6.52. The normalized spacial score (nSPS) is 33.2. The van der Waals surface area contributed by atoms with E-state index in [9.17, 15) is 14.4 Å². The van der Waals surface area contributed by atoms with Gasteiger partial charge in [-0.1, -0.05) is 94.6 Å². The number of amides is 3. The first-order chi connectivity index (χ1) is 20.1. The summed E-state index contributed by atoms with van der Waals surface area (Å²) in [6.45, 7) is 8.80. The van der Waals surface area contributed by atoms with E-state index in [4.69, 9.17) is 16.3 Å². The van der Waals surface area contributed by atoms with Crippen molar-refractivity contribution in [3.63, 3.8) is 0 Å². The van der Waals surface area contributed by atoms with Gasteiger partial charge in [0, 0.05) is 23.3 Å². The number of fused-ring (bicyclic) bond motifs is 1. The van der Waals surface area contributed by atoms with E-state index >= 15 is 0 Å². The Morgan fingerprint density at radius 1 is 1.07 bits per heavy atom. The third-order valence-electron chi connectivity index (χ3n) is 10.1. The smallest absolute Gasteiger partial charge is 0.246 e. The van der Waals surface area contributed by atoms with E-state index < -0.39 is 29.6 Å². The average molecular weight is 590 g/mol. The molecule has 3 amide bonds. The molecule has 1 aliphatic carbocycles. The van der Waals surface area contributed by atoms with Gasteiger partial charge < -0.3 is 20.3 Å². The lowest BCUT2D eigenvalue weighted by Gasteiger charge is -2.38. The second kappa shape index (κ2) is 11.2. The third kappa shape index (κ3) is 4.84. The maximum absolute atomic E-state index is 14.3. The minimum Gasteiger partial charge on any atom is -0.359 e. The summed E-state index contributed by atoms with van der Waals surface area (Å²) in [7, 11) is 0. The minimum atomic E-state index is -1.22. The van der Waals surface area contributed by atoms with Gasteiger partial charge in [-0.25, -0.2) is 0 Å². The van der Waals surface area contributed by atoms with Crippen LogP contribution in [0.15, 0.2) is 60.7 Å². The number of benzene rings is 2. The number of carbonyl (C=O) groups excluding carboxylic acids is 3. The first kappa shape index (κ1) is 28.9. The highest BCUT2D eigenvalue weighted by Gasteiger charge is 2.72. The molecule has 2 N–H and O–H groups in total. The van der Waals surface area contributed by atoms with Crippen LogP contribution in [0.4, 0.5) is 5.69 Å². The van der Waals surface area contributed by atoms with E-state index in [1.165, 1.54) is 5.56 Å². The lowest BCUT2D eigenvalue weighted by atomic mass is 9.73. The molecule has 8 atom stereocenters. The Morgan fingerprint density at radius 3 is 2.52 bits per heavy atom. The summed E-state index contributed by atoms with van der Waals surface area (Å²) in [6.07, 6.45) is 6.21. The van der Waals surface area contributed by atoms with Crippen molar-refractivity contribution in [2.24, 2.45) is 23.7 Å². The van der Waals surface area contributed by atoms with Crippen molar-refractivity contribution in [2.75, 3.05) is 5.32 Å².